The van der Waals surface area contributed by atoms with Gasteiger partial charge in [-0.05, 0) is 26.2 Å². The van der Waals surface area contributed by atoms with Crippen LogP contribution in [0.3, 0.4) is 0 Å². The topological polar surface area (TPSA) is 90.8 Å². The number of carbonyl (C=O) groups is 1. The number of fused-ring (bicyclic) bond motifs is 1. The van der Waals surface area contributed by atoms with Crippen LogP contribution >= 0.6 is 0 Å². The average molecular weight is 325 g/mol. The normalized spacial score (nSPS) is 29.8. The smallest absolute Gasteiger partial charge is 0.276 e. The Labute approximate surface area is 129 Å². The second-order valence-electron chi connectivity index (χ2n) is 6.14. The van der Waals surface area contributed by atoms with Crippen molar-refractivity contribution in [2.24, 2.45) is 5.92 Å². The third-order valence-electron chi connectivity index (χ3n) is 4.61. The molecule has 22 heavy (non-hydrogen) atoms. The Balaban J connectivity index is 1.86. The molecule has 0 spiro atoms. The number of sulfone groups is 1. The van der Waals surface area contributed by atoms with Crippen LogP contribution in [0.4, 0.5) is 0 Å². The van der Waals surface area contributed by atoms with Gasteiger partial charge in [0.1, 0.15) is 5.75 Å². The Bertz CT molecular complexity index is 704. The van der Waals surface area contributed by atoms with Crippen molar-refractivity contribution in [3.8, 4) is 5.75 Å². The minimum absolute atomic E-state index is 0.0266. The molecule has 0 bridgehead atoms. The van der Waals surface area contributed by atoms with E-state index in [1.54, 1.807) is 0 Å². The number of rotatable bonds is 2. The van der Waals surface area contributed by atoms with E-state index in [4.69, 9.17) is 0 Å². The lowest BCUT2D eigenvalue weighted by molar-refractivity contribution is 0.0770. The van der Waals surface area contributed by atoms with Crippen molar-refractivity contribution in [3.63, 3.8) is 0 Å². The fourth-order valence-electron chi connectivity index (χ4n) is 3.44. The van der Waals surface area contributed by atoms with Crippen molar-refractivity contribution < 1.29 is 18.3 Å². The lowest BCUT2D eigenvalue weighted by Crippen LogP contribution is -2.38. The lowest BCUT2D eigenvalue weighted by atomic mass is 10.00. The summed E-state index contributed by atoms with van der Waals surface area (Å²) in [5.74, 6) is -0.543. The second-order valence-corrected chi connectivity index (χ2v) is 8.41. The molecule has 3 rings (SSSR count). The maximum Gasteiger partial charge on any atom is 0.276 e. The molecule has 0 unspecified atom stereocenters. The van der Waals surface area contributed by atoms with Gasteiger partial charge < -0.3 is 14.9 Å². The van der Waals surface area contributed by atoms with Crippen LogP contribution in [-0.4, -0.2) is 78.4 Å². The number of amides is 1. The lowest BCUT2D eigenvalue weighted by Gasteiger charge is -2.25. The molecule has 3 heterocycles. The fourth-order valence-corrected chi connectivity index (χ4v) is 5.92. The zero-order valence-corrected chi connectivity index (χ0v) is 13.3. The summed E-state index contributed by atoms with van der Waals surface area (Å²) in [6.07, 6.45) is 1.43. The summed E-state index contributed by atoms with van der Waals surface area (Å²) in [4.78, 5) is 19.8. The highest BCUT2D eigenvalue weighted by Gasteiger charge is 2.53. The van der Waals surface area contributed by atoms with E-state index in [-0.39, 0.29) is 35.7 Å². The molecule has 8 heteroatoms. The Morgan fingerprint density at radius 2 is 2.14 bits per heavy atom. The van der Waals surface area contributed by atoms with E-state index in [1.807, 2.05) is 19.0 Å². The summed E-state index contributed by atoms with van der Waals surface area (Å²) in [5, 5.41) is 9.23. The number of likely N-dealkylation sites (tertiary alicyclic amines) is 1. The van der Waals surface area contributed by atoms with E-state index in [0.717, 1.165) is 0 Å². The van der Waals surface area contributed by atoms with Crippen molar-refractivity contribution in [1.29, 1.82) is 0 Å². The second kappa shape index (κ2) is 5.20. The molecule has 7 nitrogen and oxygen atoms in total. The minimum Gasteiger partial charge on any atom is -0.505 e. The summed E-state index contributed by atoms with van der Waals surface area (Å²) < 4.78 is 24.6. The molecule has 0 radical (unpaired) electrons. The Morgan fingerprint density at radius 3 is 2.77 bits per heavy atom. The summed E-state index contributed by atoms with van der Waals surface area (Å²) in [6, 6.07) is 2.86. The van der Waals surface area contributed by atoms with Gasteiger partial charge in [0.2, 0.25) is 0 Å². The van der Waals surface area contributed by atoms with E-state index in [0.29, 0.717) is 6.54 Å². The van der Waals surface area contributed by atoms with Crippen LogP contribution in [0, 0.1) is 5.92 Å². The first-order chi connectivity index (χ1) is 10.3. The number of nitrogens with zero attached hydrogens (tertiary/aromatic N) is 3. The van der Waals surface area contributed by atoms with E-state index in [2.05, 4.69) is 4.98 Å². The molecule has 1 aromatic heterocycles. The zero-order valence-electron chi connectivity index (χ0n) is 12.5. The van der Waals surface area contributed by atoms with Crippen LogP contribution in [0.1, 0.15) is 10.5 Å². The molecular formula is C14H19N3O4S. The number of aromatic nitrogens is 1. The molecule has 3 atom stereocenters. The fraction of sp³-hybridized carbons (Fsp3) is 0.571. The number of hydrogen-bond acceptors (Lipinski definition) is 6. The monoisotopic (exact) mass is 325 g/mol. The molecule has 1 amide bonds. The van der Waals surface area contributed by atoms with Crippen LogP contribution in [0.15, 0.2) is 18.3 Å². The van der Waals surface area contributed by atoms with Gasteiger partial charge in [-0.3, -0.25) is 4.79 Å². The minimum atomic E-state index is -3.20. The van der Waals surface area contributed by atoms with Gasteiger partial charge >= 0.3 is 0 Å². The van der Waals surface area contributed by atoms with Crippen LogP contribution in [0.25, 0.3) is 0 Å². The average Bonchev–Trinajstić information content (AvgIpc) is 2.98. The molecule has 0 aromatic carbocycles. The van der Waals surface area contributed by atoms with Gasteiger partial charge in [-0.1, -0.05) is 0 Å². The molecule has 2 aliphatic heterocycles. The highest BCUT2D eigenvalue weighted by atomic mass is 32.2. The van der Waals surface area contributed by atoms with Crippen LogP contribution in [0.2, 0.25) is 0 Å². The Morgan fingerprint density at radius 1 is 1.41 bits per heavy atom. The first-order valence-corrected chi connectivity index (χ1v) is 8.84. The molecule has 1 N–H and O–H groups in total. The van der Waals surface area contributed by atoms with E-state index in [1.165, 1.54) is 23.2 Å². The van der Waals surface area contributed by atoms with Crippen molar-refractivity contribution in [3.05, 3.63) is 24.0 Å². The maximum atomic E-state index is 12.5. The van der Waals surface area contributed by atoms with Crippen LogP contribution in [-0.2, 0) is 9.84 Å². The third-order valence-corrected chi connectivity index (χ3v) is 6.83. The standard InChI is InChI=1S/C14H19N3O4S/c1-16(2)10-8-22(20,21)12-7-17(6-9(10)12)14(19)13-11(18)4-3-5-15-13/h3-5,9-10,12,18H,6-8H2,1-2H3/t9-,10+,12-/m0/s1. The third kappa shape index (κ3) is 2.36. The van der Waals surface area contributed by atoms with Gasteiger partial charge in [-0.2, -0.15) is 0 Å². The van der Waals surface area contributed by atoms with Crippen LogP contribution in [0.5, 0.6) is 5.75 Å². The molecule has 1 aromatic rings. The first kappa shape index (κ1) is 15.2. The molecule has 0 saturated carbocycles. The summed E-state index contributed by atoms with van der Waals surface area (Å²) in [5.41, 5.74) is -0.0266. The largest absolute Gasteiger partial charge is 0.505 e. The van der Waals surface area contributed by atoms with E-state index in [9.17, 15) is 18.3 Å². The zero-order chi connectivity index (χ0) is 16.1. The van der Waals surface area contributed by atoms with Crippen molar-refractivity contribution in [2.75, 3.05) is 32.9 Å². The van der Waals surface area contributed by atoms with Gasteiger partial charge in [-0.15, -0.1) is 0 Å². The molecule has 2 saturated heterocycles. The number of aromatic hydroxyl groups is 1. The van der Waals surface area contributed by atoms with E-state index < -0.39 is 21.0 Å². The Kier molecular flexibility index (Phi) is 3.60. The number of carbonyl (C=O) groups excluding carboxylic acids is 1. The molecule has 120 valence electrons. The van der Waals surface area contributed by atoms with Crippen molar-refractivity contribution in [1.82, 2.24) is 14.8 Å². The van der Waals surface area contributed by atoms with Gasteiger partial charge in [0.05, 0.1) is 11.0 Å². The van der Waals surface area contributed by atoms with Crippen molar-refractivity contribution in [2.45, 2.75) is 11.3 Å². The molecule has 2 aliphatic rings. The first-order valence-electron chi connectivity index (χ1n) is 7.12. The maximum absolute atomic E-state index is 12.5. The highest BCUT2D eigenvalue weighted by molar-refractivity contribution is 7.92. The molecular weight excluding hydrogens is 306 g/mol. The highest BCUT2D eigenvalue weighted by Crippen LogP contribution is 2.36. The molecule has 0 aliphatic carbocycles. The van der Waals surface area contributed by atoms with Gasteiger partial charge in [0.15, 0.2) is 15.5 Å². The van der Waals surface area contributed by atoms with Gasteiger partial charge in [0, 0.05) is 31.2 Å². The summed E-state index contributed by atoms with van der Waals surface area (Å²) in [6.45, 7) is 0.549. The summed E-state index contributed by atoms with van der Waals surface area (Å²) >= 11 is 0. The van der Waals surface area contributed by atoms with E-state index >= 15 is 0 Å². The quantitative estimate of drug-likeness (QED) is 0.795. The number of hydrogen-bond donors (Lipinski definition) is 1. The molecule has 2 fully saturated rings. The van der Waals surface area contributed by atoms with Gasteiger partial charge in [0.25, 0.3) is 5.91 Å². The Hall–Kier alpha value is -1.67. The number of pyridine rings is 1. The van der Waals surface area contributed by atoms with Crippen LogP contribution < -0.4 is 0 Å². The SMILES string of the molecule is CN(C)[C@@H]1CS(=O)(=O)[C@H]2CN(C(=O)c3ncccc3O)C[C@@H]12. The predicted octanol–water partition coefficient (Wildman–Crippen LogP) is -0.414. The van der Waals surface area contributed by atoms with Crippen molar-refractivity contribution >= 4 is 15.7 Å². The van der Waals surface area contributed by atoms with Gasteiger partial charge in [-0.25, -0.2) is 13.4 Å². The summed E-state index contributed by atoms with van der Waals surface area (Å²) in [7, 11) is 0.522. The predicted molar refractivity (Wildman–Crippen MR) is 80.3 cm³/mol.